The van der Waals surface area contributed by atoms with Crippen LogP contribution in [0.15, 0.2) is 30.3 Å². The molecule has 0 spiro atoms. The van der Waals surface area contributed by atoms with Gasteiger partial charge in [-0.1, -0.05) is 18.2 Å². The molecule has 1 atom stereocenters. The van der Waals surface area contributed by atoms with Crippen molar-refractivity contribution in [1.82, 2.24) is 9.80 Å². The molecule has 3 saturated heterocycles. The van der Waals surface area contributed by atoms with Gasteiger partial charge in [-0.25, -0.2) is 4.79 Å². The van der Waals surface area contributed by atoms with Crippen molar-refractivity contribution in [1.29, 1.82) is 0 Å². The summed E-state index contributed by atoms with van der Waals surface area (Å²) < 4.78 is 5.35. The summed E-state index contributed by atoms with van der Waals surface area (Å²) in [5.74, 6) is 0.330. The van der Waals surface area contributed by atoms with E-state index in [9.17, 15) is 9.59 Å². The Bertz CT molecular complexity index is 615. The molecular formula is C18H23N3O3. The van der Waals surface area contributed by atoms with Crippen molar-refractivity contribution in [3.05, 3.63) is 30.3 Å². The molecule has 6 heteroatoms. The van der Waals surface area contributed by atoms with E-state index in [1.165, 1.54) is 0 Å². The minimum atomic E-state index is 0.0596. The summed E-state index contributed by atoms with van der Waals surface area (Å²) in [6.07, 6.45) is 1.64. The lowest BCUT2D eigenvalue weighted by molar-refractivity contribution is -0.140. The number of urea groups is 1. The number of nitrogens with zero attached hydrogens (tertiary/aromatic N) is 3. The first-order valence-electron chi connectivity index (χ1n) is 8.74. The molecule has 1 aromatic rings. The molecule has 0 saturated carbocycles. The van der Waals surface area contributed by atoms with Crippen molar-refractivity contribution in [2.45, 2.75) is 18.9 Å². The second-order valence-electron chi connectivity index (χ2n) is 6.75. The second kappa shape index (κ2) is 6.43. The van der Waals surface area contributed by atoms with Gasteiger partial charge in [0.05, 0.1) is 6.04 Å². The first kappa shape index (κ1) is 15.4. The van der Waals surface area contributed by atoms with Crippen LogP contribution in [0.2, 0.25) is 0 Å². The molecule has 0 aliphatic carbocycles. The number of anilines is 1. The van der Waals surface area contributed by atoms with E-state index in [0.29, 0.717) is 39.4 Å². The number of hydrogen-bond donors (Lipinski definition) is 0. The summed E-state index contributed by atoms with van der Waals surface area (Å²) in [6, 6.07) is 9.91. The van der Waals surface area contributed by atoms with E-state index in [1.54, 1.807) is 0 Å². The third-order valence-corrected chi connectivity index (χ3v) is 5.30. The van der Waals surface area contributed by atoms with Crippen molar-refractivity contribution < 1.29 is 14.3 Å². The van der Waals surface area contributed by atoms with Crippen LogP contribution in [-0.2, 0) is 9.53 Å². The van der Waals surface area contributed by atoms with E-state index in [4.69, 9.17) is 4.74 Å². The summed E-state index contributed by atoms with van der Waals surface area (Å²) in [4.78, 5) is 31.1. The Morgan fingerprint density at radius 3 is 2.54 bits per heavy atom. The number of benzene rings is 1. The first-order chi connectivity index (χ1) is 11.7. The SMILES string of the molecule is O=C(C1CCOCC1)N1CCN2C(=O)N(c3ccccc3)C[C@H]2C1. The predicted octanol–water partition coefficient (Wildman–Crippen LogP) is 1.57. The number of fused-ring (bicyclic) bond motifs is 1. The van der Waals surface area contributed by atoms with E-state index < -0.39 is 0 Å². The van der Waals surface area contributed by atoms with E-state index in [1.807, 2.05) is 45.0 Å². The highest BCUT2D eigenvalue weighted by Gasteiger charge is 2.42. The highest BCUT2D eigenvalue weighted by Crippen LogP contribution is 2.27. The molecule has 128 valence electrons. The molecular weight excluding hydrogens is 306 g/mol. The highest BCUT2D eigenvalue weighted by molar-refractivity contribution is 5.95. The van der Waals surface area contributed by atoms with Gasteiger partial charge in [-0.2, -0.15) is 0 Å². The number of ether oxygens (including phenoxy) is 1. The standard InChI is InChI=1S/C18H23N3O3/c22-17(14-6-10-24-11-7-14)19-8-9-20-16(12-19)13-21(18(20)23)15-4-2-1-3-5-15/h1-5,14,16H,6-13H2/t16-/m1/s1. The van der Waals surface area contributed by atoms with Gasteiger partial charge in [-0.3, -0.25) is 9.69 Å². The number of rotatable bonds is 2. The normalized spacial score (nSPS) is 25.1. The highest BCUT2D eigenvalue weighted by atomic mass is 16.5. The molecule has 0 bridgehead atoms. The summed E-state index contributed by atoms with van der Waals surface area (Å²) >= 11 is 0. The van der Waals surface area contributed by atoms with Crippen molar-refractivity contribution >= 4 is 17.6 Å². The molecule has 24 heavy (non-hydrogen) atoms. The summed E-state index contributed by atoms with van der Waals surface area (Å²) in [7, 11) is 0. The van der Waals surface area contributed by atoms with Crippen LogP contribution in [-0.4, -0.2) is 67.2 Å². The zero-order valence-electron chi connectivity index (χ0n) is 13.8. The van der Waals surface area contributed by atoms with E-state index in [2.05, 4.69) is 0 Å². The van der Waals surface area contributed by atoms with Gasteiger partial charge in [0.25, 0.3) is 0 Å². The van der Waals surface area contributed by atoms with Crippen LogP contribution < -0.4 is 4.90 Å². The maximum atomic E-state index is 12.7. The minimum Gasteiger partial charge on any atom is -0.381 e. The molecule has 3 heterocycles. The minimum absolute atomic E-state index is 0.0596. The fourth-order valence-electron chi connectivity index (χ4n) is 3.93. The van der Waals surface area contributed by atoms with Crippen LogP contribution in [0.1, 0.15) is 12.8 Å². The molecule has 0 unspecified atom stereocenters. The van der Waals surface area contributed by atoms with Crippen molar-refractivity contribution in [2.75, 3.05) is 44.3 Å². The molecule has 4 rings (SSSR count). The van der Waals surface area contributed by atoms with Crippen molar-refractivity contribution in [2.24, 2.45) is 5.92 Å². The first-order valence-corrected chi connectivity index (χ1v) is 8.74. The average molecular weight is 329 g/mol. The fraction of sp³-hybridized carbons (Fsp3) is 0.556. The predicted molar refractivity (Wildman–Crippen MR) is 89.8 cm³/mol. The Balaban J connectivity index is 1.44. The van der Waals surface area contributed by atoms with Crippen LogP contribution in [0.4, 0.5) is 10.5 Å². The van der Waals surface area contributed by atoms with Gasteiger partial charge in [0.2, 0.25) is 5.91 Å². The molecule has 0 radical (unpaired) electrons. The van der Waals surface area contributed by atoms with E-state index in [-0.39, 0.29) is 23.9 Å². The van der Waals surface area contributed by atoms with Crippen LogP contribution >= 0.6 is 0 Å². The van der Waals surface area contributed by atoms with Gasteiger partial charge in [0, 0.05) is 51.0 Å². The molecule has 3 fully saturated rings. The number of para-hydroxylation sites is 1. The van der Waals surface area contributed by atoms with Crippen molar-refractivity contribution in [3.8, 4) is 0 Å². The molecule has 0 aromatic heterocycles. The smallest absolute Gasteiger partial charge is 0.324 e. The molecule has 3 aliphatic heterocycles. The van der Waals surface area contributed by atoms with E-state index in [0.717, 1.165) is 18.5 Å². The Labute approximate surface area is 142 Å². The second-order valence-corrected chi connectivity index (χ2v) is 6.75. The molecule has 3 amide bonds. The molecule has 3 aliphatic rings. The lowest BCUT2D eigenvalue weighted by atomic mass is 9.98. The molecule has 0 N–H and O–H groups in total. The zero-order valence-corrected chi connectivity index (χ0v) is 13.8. The summed E-state index contributed by atoms with van der Waals surface area (Å²) in [5.41, 5.74) is 0.930. The largest absolute Gasteiger partial charge is 0.381 e. The third-order valence-electron chi connectivity index (χ3n) is 5.30. The van der Waals surface area contributed by atoms with Gasteiger partial charge < -0.3 is 14.5 Å². The van der Waals surface area contributed by atoms with Crippen LogP contribution in [0, 0.1) is 5.92 Å². The van der Waals surface area contributed by atoms with Gasteiger partial charge in [-0.15, -0.1) is 0 Å². The number of carbonyl (C=O) groups excluding carboxylic acids is 2. The topological polar surface area (TPSA) is 53.1 Å². The zero-order chi connectivity index (χ0) is 16.5. The van der Waals surface area contributed by atoms with Gasteiger partial charge in [-0.05, 0) is 25.0 Å². The van der Waals surface area contributed by atoms with Gasteiger partial charge >= 0.3 is 6.03 Å². The summed E-state index contributed by atoms with van der Waals surface area (Å²) in [5, 5.41) is 0. The number of hydrogen-bond acceptors (Lipinski definition) is 3. The lowest BCUT2D eigenvalue weighted by Gasteiger charge is -2.38. The van der Waals surface area contributed by atoms with Gasteiger partial charge in [0.1, 0.15) is 0 Å². The fourth-order valence-corrected chi connectivity index (χ4v) is 3.93. The number of piperazine rings is 1. The summed E-state index contributed by atoms with van der Waals surface area (Å²) in [6.45, 7) is 3.93. The maximum Gasteiger partial charge on any atom is 0.324 e. The number of carbonyl (C=O) groups is 2. The van der Waals surface area contributed by atoms with Gasteiger partial charge in [0.15, 0.2) is 0 Å². The Morgan fingerprint density at radius 2 is 1.79 bits per heavy atom. The lowest BCUT2D eigenvalue weighted by Crippen LogP contribution is -2.55. The quantitative estimate of drug-likeness (QED) is 0.827. The average Bonchev–Trinajstić information content (AvgIpc) is 2.99. The Kier molecular flexibility index (Phi) is 4.14. The van der Waals surface area contributed by atoms with E-state index >= 15 is 0 Å². The van der Waals surface area contributed by atoms with Crippen LogP contribution in [0.5, 0.6) is 0 Å². The van der Waals surface area contributed by atoms with Crippen molar-refractivity contribution in [3.63, 3.8) is 0 Å². The third kappa shape index (κ3) is 2.75. The number of amides is 3. The molecule has 6 nitrogen and oxygen atoms in total. The van der Waals surface area contributed by atoms with Crippen LogP contribution in [0.3, 0.4) is 0 Å². The Morgan fingerprint density at radius 1 is 1.04 bits per heavy atom. The maximum absolute atomic E-state index is 12.7. The Hall–Kier alpha value is -2.08. The molecule has 1 aromatic carbocycles. The monoisotopic (exact) mass is 329 g/mol. The van der Waals surface area contributed by atoms with Crippen LogP contribution in [0.25, 0.3) is 0 Å².